The van der Waals surface area contributed by atoms with E-state index in [9.17, 15) is 19.0 Å². The van der Waals surface area contributed by atoms with Gasteiger partial charge in [-0.3, -0.25) is 18.6 Å². The Morgan fingerprint density at radius 1 is 0.492 bits per heavy atom. The minimum Gasteiger partial charge on any atom is -0.462 e. The average molecular weight is 904 g/mol. The van der Waals surface area contributed by atoms with Crippen molar-refractivity contribution in [2.75, 3.05) is 26.4 Å². The number of ether oxygens (including phenoxy) is 2. The van der Waals surface area contributed by atoms with Crippen LogP contribution in [0.15, 0.2) is 72.9 Å². The number of unbranched alkanes of at least 4 members (excludes halogenated alkanes) is 22. The van der Waals surface area contributed by atoms with Crippen LogP contribution in [0.2, 0.25) is 0 Å². The lowest BCUT2D eigenvalue weighted by Gasteiger charge is -2.19. The third-order valence-corrected chi connectivity index (χ3v) is 11.6. The van der Waals surface area contributed by atoms with Crippen molar-refractivity contribution in [2.24, 2.45) is 5.73 Å². The summed E-state index contributed by atoms with van der Waals surface area (Å²) < 4.78 is 32.9. The number of esters is 2. The van der Waals surface area contributed by atoms with Gasteiger partial charge in [0.25, 0.3) is 0 Å². The van der Waals surface area contributed by atoms with E-state index in [0.29, 0.717) is 12.8 Å². The molecule has 0 aromatic carbocycles. The van der Waals surface area contributed by atoms with Gasteiger partial charge >= 0.3 is 19.8 Å². The molecule has 0 aliphatic rings. The van der Waals surface area contributed by atoms with Crippen LogP contribution in [0.4, 0.5) is 0 Å². The molecule has 0 aliphatic carbocycles. The quantitative estimate of drug-likeness (QED) is 0.0265. The lowest BCUT2D eigenvalue weighted by molar-refractivity contribution is -0.161. The molecule has 364 valence electrons. The van der Waals surface area contributed by atoms with Crippen molar-refractivity contribution < 1.29 is 37.6 Å². The maximum atomic E-state index is 12.7. The third-order valence-electron chi connectivity index (χ3n) is 10.6. The monoisotopic (exact) mass is 904 g/mol. The molecule has 0 aromatic rings. The Hall–Kier alpha value is -2.55. The number of nitrogens with two attached hydrogens (primary N) is 1. The number of allylic oxidation sites excluding steroid dienone is 12. The molecule has 3 N–H and O–H groups in total. The maximum absolute atomic E-state index is 12.7. The Kier molecular flexibility index (Phi) is 46.9. The lowest BCUT2D eigenvalue weighted by atomic mass is 10.0. The molecule has 0 saturated heterocycles. The van der Waals surface area contributed by atoms with Gasteiger partial charge in [-0.25, -0.2) is 4.57 Å². The Bertz CT molecular complexity index is 1260. The number of carbonyl (C=O) groups is 2. The highest BCUT2D eigenvalue weighted by Gasteiger charge is 2.26. The smallest absolute Gasteiger partial charge is 0.462 e. The average Bonchev–Trinajstić information content (AvgIpc) is 3.27. The van der Waals surface area contributed by atoms with E-state index >= 15 is 0 Å². The van der Waals surface area contributed by atoms with E-state index in [1.54, 1.807) is 0 Å². The number of phosphoric ester groups is 1. The maximum Gasteiger partial charge on any atom is 0.472 e. The van der Waals surface area contributed by atoms with Gasteiger partial charge in [-0.2, -0.15) is 0 Å². The van der Waals surface area contributed by atoms with Crippen LogP contribution in [0.3, 0.4) is 0 Å². The number of carbonyl (C=O) groups excluding carboxylic acids is 2. The Morgan fingerprint density at radius 2 is 0.873 bits per heavy atom. The highest BCUT2D eigenvalue weighted by Crippen LogP contribution is 2.43. The van der Waals surface area contributed by atoms with Gasteiger partial charge in [0.1, 0.15) is 6.61 Å². The first-order chi connectivity index (χ1) is 30.8. The molecule has 0 aliphatic heterocycles. The van der Waals surface area contributed by atoms with Crippen molar-refractivity contribution in [3.05, 3.63) is 72.9 Å². The fraction of sp³-hybridized carbons (Fsp3) is 0.736. The molecule has 0 saturated carbocycles. The van der Waals surface area contributed by atoms with E-state index in [1.165, 1.54) is 96.3 Å². The minimum absolute atomic E-state index is 0.0476. The summed E-state index contributed by atoms with van der Waals surface area (Å²) >= 11 is 0. The fourth-order valence-electron chi connectivity index (χ4n) is 6.83. The van der Waals surface area contributed by atoms with E-state index in [1.807, 2.05) is 0 Å². The summed E-state index contributed by atoms with van der Waals surface area (Å²) in [4.78, 5) is 35.0. The van der Waals surface area contributed by atoms with Gasteiger partial charge in [-0.1, -0.05) is 196 Å². The summed E-state index contributed by atoms with van der Waals surface area (Å²) in [5, 5.41) is 0. The van der Waals surface area contributed by atoms with Crippen LogP contribution < -0.4 is 5.73 Å². The van der Waals surface area contributed by atoms with Gasteiger partial charge in [0.15, 0.2) is 6.10 Å². The molecule has 0 amide bonds. The van der Waals surface area contributed by atoms with Crippen molar-refractivity contribution in [1.82, 2.24) is 0 Å². The molecule has 10 heteroatoms. The number of hydrogen-bond donors (Lipinski definition) is 2. The largest absolute Gasteiger partial charge is 0.472 e. The second kappa shape index (κ2) is 48.9. The second-order valence-corrected chi connectivity index (χ2v) is 18.1. The van der Waals surface area contributed by atoms with Crippen LogP contribution in [0.25, 0.3) is 0 Å². The van der Waals surface area contributed by atoms with Crippen molar-refractivity contribution in [1.29, 1.82) is 0 Å². The van der Waals surface area contributed by atoms with Gasteiger partial charge in [-0.15, -0.1) is 0 Å². The van der Waals surface area contributed by atoms with Gasteiger partial charge in [-0.05, 0) is 83.5 Å². The zero-order chi connectivity index (χ0) is 46.0. The predicted molar refractivity (Wildman–Crippen MR) is 266 cm³/mol. The molecular formula is C53H94NO8P. The van der Waals surface area contributed by atoms with Crippen molar-refractivity contribution in [2.45, 2.75) is 225 Å². The minimum atomic E-state index is -4.39. The third kappa shape index (κ3) is 48.7. The Labute approximate surface area is 386 Å². The molecule has 2 unspecified atom stereocenters. The number of hydrogen-bond acceptors (Lipinski definition) is 8. The molecule has 0 aromatic heterocycles. The molecule has 2 atom stereocenters. The van der Waals surface area contributed by atoms with Crippen LogP contribution in [-0.2, 0) is 32.7 Å². The standard InChI is InChI=1S/C53H94NO8P/c1-3-5-7-9-11-13-15-17-19-20-21-22-23-24-25-26-27-28-29-30-32-34-36-38-40-42-44-46-53(56)62-51(50-61-63(57,58)60-48-47-54)49-59-52(55)45-43-41-39-37-35-33-31-18-16-14-12-10-8-6-4-2/h6,8,12,14-15,17-18,20-21,23-24,31,51H,3-5,7,9-11,13,16,19,22,25-30,32-50,54H2,1-2H3,(H,57,58)/b8-6-,14-12-,17-15-,21-20-,24-23-,31-18-. The van der Waals surface area contributed by atoms with Gasteiger partial charge in [0, 0.05) is 19.4 Å². The molecule has 0 rings (SSSR count). The Morgan fingerprint density at radius 3 is 1.30 bits per heavy atom. The normalized spacial score (nSPS) is 13.8. The second-order valence-electron chi connectivity index (χ2n) is 16.7. The van der Waals surface area contributed by atoms with Gasteiger partial charge in [0.05, 0.1) is 13.2 Å². The number of phosphoric acid groups is 1. The topological polar surface area (TPSA) is 134 Å². The summed E-state index contributed by atoms with van der Waals surface area (Å²) in [6.07, 6.45) is 60.9. The highest BCUT2D eigenvalue weighted by atomic mass is 31.2. The van der Waals surface area contributed by atoms with Crippen LogP contribution in [0.5, 0.6) is 0 Å². The van der Waals surface area contributed by atoms with E-state index in [-0.39, 0.29) is 32.6 Å². The predicted octanol–water partition coefficient (Wildman–Crippen LogP) is 15.4. The van der Waals surface area contributed by atoms with Crippen LogP contribution in [-0.4, -0.2) is 49.3 Å². The molecule has 63 heavy (non-hydrogen) atoms. The molecule has 0 bridgehead atoms. The lowest BCUT2D eigenvalue weighted by Crippen LogP contribution is -2.29. The van der Waals surface area contributed by atoms with E-state index in [4.69, 9.17) is 24.3 Å². The van der Waals surface area contributed by atoms with Crippen LogP contribution in [0.1, 0.15) is 219 Å². The van der Waals surface area contributed by atoms with Crippen molar-refractivity contribution in [3.8, 4) is 0 Å². The summed E-state index contributed by atoms with van der Waals surface area (Å²) in [7, 11) is -4.39. The first kappa shape index (κ1) is 60.5. The zero-order valence-electron chi connectivity index (χ0n) is 40.3. The van der Waals surface area contributed by atoms with Gasteiger partial charge < -0.3 is 20.1 Å². The summed E-state index contributed by atoms with van der Waals surface area (Å²) in [6, 6.07) is 0. The summed E-state index contributed by atoms with van der Waals surface area (Å²) in [6.45, 7) is 3.59. The number of rotatable bonds is 47. The highest BCUT2D eigenvalue weighted by molar-refractivity contribution is 7.47. The molecule has 0 radical (unpaired) electrons. The first-order valence-electron chi connectivity index (χ1n) is 25.4. The van der Waals surface area contributed by atoms with E-state index in [2.05, 4.69) is 86.8 Å². The van der Waals surface area contributed by atoms with Crippen LogP contribution in [0, 0.1) is 0 Å². The fourth-order valence-corrected chi connectivity index (χ4v) is 7.60. The summed E-state index contributed by atoms with van der Waals surface area (Å²) in [5.74, 6) is -0.851. The molecule has 0 fully saturated rings. The molecular weight excluding hydrogens is 810 g/mol. The molecule has 0 spiro atoms. The summed E-state index contributed by atoms with van der Waals surface area (Å²) in [5.41, 5.74) is 5.36. The molecule has 9 nitrogen and oxygen atoms in total. The molecule has 0 heterocycles. The van der Waals surface area contributed by atoms with Crippen LogP contribution >= 0.6 is 7.82 Å². The van der Waals surface area contributed by atoms with Crippen molar-refractivity contribution >= 4 is 19.8 Å². The van der Waals surface area contributed by atoms with E-state index in [0.717, 1.165) is 83.5 Å². The van der Waals surface area contributed by atoms with Crippen molar-refractivity contribution in [3.63, 3.8) is 0 Å². The van der Waals surface area contributed by atoms with Gasteiger partial charge in [0.2, 0.25) is 0 Å². The van der Waals surface area contributed by atoms with E-state index < -0.39 is 32.5 Å². The first-order valence-corrected chi connectivity index (χ1v) is 26.9. The zero-order valence-corrected chi connectivity index (χ0v) is 41.2. The Balaban J connectivity index is 4.03. The SMILES string of the molecule is CC/C=C\C/C=C\C/C=C\CCCCCCCC(=O)OCC(COP(=O)(O)OCCN)OC(=O)CCCCCCCCCCCCCC/C=C\C/C=C\C/C=C\CCCCCCC.